The molecular weight excluding hydrogens is 278 g/mol. The van der Waals surface area contributed by atoms with E-state index in [0.717, 1.165) is 11.4 Å². The maximum Gasteiger partial charge on any atom is 0.0788 e. The molecule has 2 heterocycles. The summed E-state index contributed by atoms with van der Waals surface area (Å²) in [5.74, 6) is 0. The lowest BCUT2D eigenvalue weighted by Gasteiger charge is -2.14. The van der Waals surface area contributed by atoms with Crippen LogP contribution >= 0.6 is 11.3 Å². The summed E-state index contributed by atoms with van der Waals surface area (Å²) in [6.07, 6.45) is 5.18. The van der Waals surface area contributed by atoms with Crippen molar-refractivity contribution in [2.45, 2.75) is 38.6 Å². The lowest BCUT2D eigenvalue weighted by atomic mass is 10.2. The van der Waals surface area contributed by atoms with Gasteiger partial charge in [-0.15, -0.1) is 11.3 Å². The molecule has 0 spiro atoms. The van der Waals surface area contributed by atoms with Crippen LogP contribution < -0.4 is 0 Å². The fourth-order valence-corrected chi connectivity index (χ4v) is 4.05. The topological polar surface area (TPSA) is 21.1 Å². The Morgan fingerprint density at radius 1 is 1.33 bits per heavy atom. The maximum absolute atomic E-state index is 4.75. The number of thiophene rings is 1. The predicted octanol–water partition coefficient (Wildman–Crippen LogP) is 4.57. The van der Waals surface area contributed by atoms with Crippen LogP contribution in [0, 0.1) is 6.92 Å². The lowest BCUT2D eigenvalue weighted by molar-refractivity contribution is 0.470. The van der Waals surface area contributed by atoms with Gasteiger partial charge in [0.15, 0.2) is 0 Å². The van der Waals surface area contributed by atoms with Gasteiger partial charge < -0.3 is 4.90 Å². The Hall–Kier alpha value is -1.55. The lowest BCUT2D eigenvalue weighted by Crippen LogP contribution is -2.08. The van der Waals surface area contributed by atoms with E-state index in [4.69, 9.17) is 5.10 Å². The third-order valence-corrected chi connectivity index (χ3v) is 5.37. The molecule has 3 nitrogen and oxygen atoms in total. The Labute approximate surface area is 130 Å². The molecule has 2 aromatic heterocycles. The molecule has 3 rings (SSSR count). The van der Waals surface area contributed by atoms with E-state index in [1.165, 1.54) is 41.1 Å². The molecule has 0 N–H and O–H groups in total. The fourth-order valence-electron chi connectivity index (χ4n) is 2.98. The summed E-state index contributed by atoms with van der Waals surface area (Å²) in [7, 11) is 4.07. The van der Waals surface area contributed by atoms with Crippen molar-refractivity contribution >= 4 is 17.0 Å². The molecule has 0 atom stereocenters. The molecule has 1 aliphatic rings. The molecule has 4 heteroatoms. The normalized spacial score (nSPS) is 15.6. The van der Waals surface area contributed by atoms with Crippen LogP contribution in [0.2, 0.25) is 0 Å². The molecule has 0 aliphatic heterocycles. The van der Waals surface area contributed by atoms with Crippen LogP contribution in [0.1, 0.15) is 42.3 Å². The predicted molar refractivity (Wildman–Crippen MR) is 90.5 cm³/mol. The highest BCUT2D eigenvalue weighted by atomic mass is 32.1. The molecule has 0 amide bonds. The van der Waals surface area contributed by atoms with E-state index in [-0.39, 0.29) is 0 Å². The van der Waals surface area contributed by atoms with Crippen LogP contribution in [-0.2, 0) is 0 Å². The van der Waals surface area contributed by atoms with Gasteiger partial charge in [-0.05, 0) is 38.0 Å². The Kier molecular flexibility index (Phi) is 3.89. The Bertz CT molecular complexity index is 645. The van der Waals surface area contributed by atoms with Gasteiger partial charge in [-0.3, -0.25) is 4.68 Å². The minimum absolute atomic E-state index is 0.580. The third-order valence-electron chi connectivity index (χ3n) is 4.21. The van der Waals surface area contributed by atoms with Crippen molar-refractivity contribution in [2.75, 3.05) is 14.1 Å². The molecule has 0 aromatic carbocycles. The van der Waals surface area contributed by atoms with Gasteiger partial charge in [-0.1, -0.05) is 19.4 Å². The van der Waals surface area contributed by atoms with Crippen LogP contribution in [0.4, 0.5) is 0 Å². The maximum atomic E-state index is 4.75. The average molecular weight is 301 g/mol. The van der Waals surface area contributed by atoms with Gasteiger partial charge in [0.05, 0.1) is 27.2 Å². The number of aryl methyl sites for hydroxylation is 1. The van der Waals surface area contributed by atoms with Crippen molar-refractivity contribution in [1.29, 1.82) is 0 Å². The SMILES string of the molecule is C=C(c1ccc(-c2cc(C)nn2C2CCCC2)s1)N(C)C. The molecule has 21 heavy (non-hydrogen) atoms. The van der Waals surface area contributed by atoms with E-state index in [1.807, 2.05) is 14.1 Å². The number of hydrogen-bond acceptors (Lipinski definition) is 3. The number of aromatic nitrogens is 2. The highest BCUT2D eigenvalue weighted by molar-refractivity contribution is 7.16. The summed E-state index contributed by atoms with van der Waals surface area (Å²) < 4.78 is 2.26. The van der Waals surface area contributed by atoms with Crippen LogP contribution in [0.3, 0.4) is 0 Å². The van der Waals surface area contributed by atoms with Crippen molar-refractivity contribution in [3.63, 3.8) is 0 Å². The largest absolute Gasteiger partial charge is 0.377 e. The van der Waals surface area contributed by atoms with Gasteiger partial charge in [0.2, 0.25) is 0 Å². The summed E-state index contributed by atoms with van der Waals surface area (Å²) in [6, 6.07) is 7.17. The molecule has 0 bridgehead atoms. The second-order valence-corrected chi connectivity index (χ2v) is 7.14. The summed E-state index contributed by atoms with van der Waals surface area (Å²) in [5.41, 5.74) is 3.44. The summed E-state index contributed by atoms with van der Waals surface area (Å²) in [6.45, 7) is 6.24. The van der Waals surface area contributed by atoms with Gasteiger partial charge >= 0.3 is 0 Å². The van der Waals surface area contributed by atoms with Gasteiger partial charge in [-0.2, -0.15) is 5.10 Å². The molecular formula is C17H23N3S. The molecule has 0 saturated heterocycles. The average Bonchev–Trinajstić information content (AvgIpc) is 3.16. The number of rotatable bonds is 4. The van der Waals surface area contributed by atoms with Crippen LogP contribution in [0.5, 0.6) is 0 Å². The second kappa shape index (κ2) is 5.68. The molecule has 1 fully saturated rings. The fraction of sp³-hybridized carbons (Fsp3) is 0.471. The zero-order valence-corrected chi connectivity index (χ0v) is 13.9. The van der Waals surface area contributed by atoms with E-state index in [2.05, 4.69) is 41.3 Å². The monoisotopic (exact) mass is 301 g/mol. The first-order chi connectivity index (χ1) is 10.1. The van der Waals surface area contributed by atoms with Crippen molar-refractivity contribution in [1.82, 2.24) is 14.7 Å². The van der Waals surface area contributed by atoms with Gasteiger partial charge in [0.25, 0.3) is 0 Å². The Morgan fingerprint density at radius 2 is 2.05 bits per heavy atom. The molecule has 2 aromatic rings. The molecule has 0 unspecified atom stereocenters. The van der Waals surface area contributed by atoms with E-state index >= 15 is 0 Å². The zero-order chi connectivity index (χ0) is 15.0. The number of nitrogens with zero attached hydrogens (tertiary/aromatic N) is 3. The molecule has 0 radical (unpaired) electrons. The summed E-state index contributed by atoms with van der Waals surface area (Å²) >= 11 is 1.81. The van der Waals surface area contributed by atoms with Gasteiger partial charge in [0, 0.05) is 19.8 Å². The minimum Gasteiger partial charge on any atom is -0.377 e. The molecule has 112 valence electrons. The van der Waals surface area contributed by atoms with E-state index in [0.29, 0.717) is 6.04 Å². The first kappa shape index (κ1) is 14.4. The second-order valence-electron chi connectivity index (χ2n) is 6.06. The smallest absolute Gasteiger partial charge is 0.0788 e. The highest BCUT2D eigenvalue weighted by Gasteiger charge is 2.22. The number of hydrogen-bond donors (Lipinski definition) is 0. The van der Waals surface area contributed by atoms with Crippen molar-refractivity contribution in [3.8, 4) is 10.6 Å². The highest BCUT2D eigenvalue weighted by Crippen LogP contribution is 2.37. The van der Waals surface area contributed by atoms with Crippen LogP contribution in [0.25, 0.3) is 16.3 Å². The Morgan fingerprint density at radius 3 is 2.71 bits per heavy atom. The Balaban J connectivity index is 1.95. The van der Waals surface area contributed by atoms with E-state index in [1.54, 1.807) is 11.3 Å². The summed E-state index contributed by atoms with van der Waals surface area (Å²) in [4.78, 5) is 4.59. The first-order valence-corrected chi connectivity index (χ1v) is 8.41. The summed E-state index contributed by atoms with van der Waals surface area (Å²) in [5, 5.41) is 4.75. The zero-order valence-electron chi connectivity index (χ0n) is 13.1. The van der Waals surface area contributed by atoms with Crippen LogP contribution in [0.15, 0.2) is 24.8 Å². The molecule has 1 aliphatic carbocycles. The molecule has 1 saturated carbocycles. The van der Waals surface area contributed by atoms with Crippen molar-refractivity contribution in [2.24, 2.45) is 0 Å². The van der Waals surface area contributed by atoms with Crippen molar-refractivity contribution < 1.29 is 0 Å². The standard InChI is InChI=1S/C17H23N3S/c1-12-11-15(20(18-12)14-7-5-6-8-14)17-10-9-16(21-17)13(2)19(3)4/h9-11,14H,2,5-8H2,1,3-4H3. The van der Waals surface area contributed by atoms with E-state index in [9.17, 15) is 0 Å². The minimum atomic E-state index is 0.580. The van der Waals surface area contributed by atoms with Crippen LogP contribution in [-0.4, -0.2) is 28.8 Å². The third kappa shape index (κ3) is 2.77. The van der Waals surface area contributed by atoms with Gasteiger partial charge in [-0.25, -0.2) is 0 Å². The van der Waals surface area contributed by atoms with E-state index < -0.39 is 0 Å². The quantitative estimate of drug-likeness (QED) is 0.825. The van der Waals surface area contributed by atoms with Gasteiger partial charge in [0.1, 0.15) is 0 Å². The first-order valence-electron chi connectivity index (χ1n) is 7.59. The van der Waals surface area contributed by atoms with Crippen molar-refractivity contribution in [3.05, 3.63) is 35.3 Å².